The topological polar surface area (TPSA) is 25.8 Å². The van der Waals surface area contributed by atoms with Crippen LogP contribution in [0.5, 0.6) is 0 Å². The lowest BCUT2D eigenvalue weighted by atomic mass is 10.4. The van der Waals surface area contributed by atoms with Gasteiger partial charge in [0.05, 0.1) is 10.7 Å². The number of hydrogen-bond donors (Lipinski definition) is 0. The van der Waals surface area contributed by atoms with E-state index in [4.69, 9.17) is 34.8 Å². The van der Waals surface area contributed by atoms with E-state index in [1.807, 2.05) is 0 Å². The molecule has 0 saturated heterocycles. The summed E-state index contributed by atoms with van der Waals surface area (Å²) < 4.78 is 12.3. The van der Waals surface area contributed by atoms with E-state index in [9.17, 15) is 4.39 Å². The van der Waals surface area contributed by atoms with E-state index >= 15 is 0 Å². The molecule has 0 fully saturated rings. The van der Waals surface area contributed by atoms with Gasteiger partial charge in [0.1, 0.15) is 6.20 Å². The van der Waals surface area contributed by atoms with E-state index in [-0.39, 0.29) is 10.7 Å². The highest BCUT2D eigenvalue weighted by molar-refractivity contribution is 6.45. The molecule has 0 amide bonds. The number of hydrogen-bond acceptors (Lipinski definition) is 2. The first-order valence-corrected chi connectivity index (χ1v) is 3.75. The summed E-state index contributed by atoms with van der Waals surface area (Å²) in [6.07, 6.45) is 1.21. The zero-order chi connectivity index (χ0) is 8.43. The fourth-order valence-corrected chi connectivity index (χ4v) is 1.09. The van der Waals surface area contributed by atoms with Crippen LogP contribution in [0.25, 0.3) is 0 Å². The first-order valence-electron chi connectivity index (χ1n) is 2.50. The summed E-state index contributed by atoms with van der Waals surface area (Å²) in [5.41, 5.74) is 0.0301. The Balaban J connectivity index is 3.13. The van der Waals surface area contributed by atoms with E-state index in [1.54, 1.807) is 0 Å². The van der Waals surface area contributed by atoms with E-state index in [2.05, 4.69) is 16.2 Å². The molecule has 2 nitrogen and oxygen atoms in total. The number of halogens is 4. The van der Waals surface area contributed by atoms with Crippen molar-refractivity contribution in [3.05, 3.63) is 23.0 Å². The third-order valence-electron chi connectivity index (χ3n) is 0.891. The Labute approximate surface area is 77.3 Å². The summed E-state index contributed by atoms with van der Waals surface area (Å²) in [6, 6.07) is 0. The Kier molecular flexibility index (Phi) is 2.87. The van der Waals surface area contributed by atoms with Crippen molar-refractivity contribution in [2.45, 2.75) is 4.84 Å². The lowest BCUT2D eigenvalue weighted by Gasteiger charge is -2.00. The maximum atomic E-state index is 12.3. The van der Waals surface area contributed by atoms with Crippen molar-refractivity contribution in [2.75, 3.05) is 0 Å². The maximum Gasteiger partial charge on any atom is 0.309 e. The largest absolute Gasteiger partial charge is 0.309 e. The highest BCUT2D eigenvalue weighted by atomic mass is 35.5. The smallest absolute Gasteiger partial charge is 0.203 e. The van der Waals surface area contributed by atoms with Crippen LogP contribution in [-0.4, -0.2) is 9.97 Å². The van der Waals surface area contributed by atoms with Crippen LogP contribution >= 0.6 is 34.8 Å². The molecule has 0 aliphatic rings. The fourth-order valence-electron chi connectivity index (χ4n) is 0.471. The van der Waals surface area contributed by atoms with Gasteiger partial charge >= 0.3 is 6.08 Å². The normalized spacial score (nSPS) is 10.6. The van der Waals surface area contributed by atoms with Crippen LogP contribution < -0.4 is 0 Å². The van der Waals surface area contributed by atoms with Crippen molar-refractivity contribution in [3.63, 3.8) is 0 Å². The molecular weight excluding hydrogens is 213 g/mol. The van der Waals surface area contributed by atoms with Gasteiger partial charge in [0.2, 0.25) is 0 Å². The highest BCUT2D eigenvalue weighted by Crippen LogP contribution is 2.27. The van der Waals surface area contributed by atoms with E-state index in [1.165, 1.54) is 0 Å². The van der Waals surface area contributed by atoms with Crippen LogP contribution in [0.3, 0.4) is 0 Å². The van der Waals surface area contributed by atoms with Crippen molar-refractivity contribution in [1.82, 2.24) is 9.97 Å². The third kappa shape index (κ3) is 2.15. The first-order chi connectivity index (χ1) is 5.11. The molecule has 0 aliphatic heterocycles. The lowest BCUT2D eigenvalue weighted by molar-refractivity contribution is 0.533. The zero-order valence-electron chi connectivity index (χ0n) is 4.98. The summed E-state index contributed by atoms with van der Waals surface area (Å²) in [5, 5.41) is 0.0291. The van der Waals surface area contributed by atoms with Crippen LogP contribution in [-0.2, 0) is 0 Å². The molecule has 1 rings (SSSR count). The molecule has 1 aromatic rings. The quantitative estimate of drug-likeness (QED) is 0.530. The molecule has 11 heavy (non-hydrogen) atoms. The second-order valence-corrected chi connectivity index (χ2v) is 3.08. The molecule has 0 bridgehead atoms. The lowest BCUT2D eigenvalue weighted by Crippen LogP contribution is -1.96. The van der Waals surface area contributed by atoms with Gasteiger partial charge in [-0.05, 0) is 0 Å². The van der Waals surface area contributed by atoms with Crippen LogP contribution in [0.1, 0.15) is 10.5 Å². The van der Waals surface area contributed by atoms with Crippen molar-refractivity contribution in [2.24, 2.45) is 0 Å². The fraction of sp³-hybridized carbons (Fsp3) is 0.200. The number of rotatable bonds is 1. The highest BCUT2D eigenvalue weighted by Gasteiger charge is 2.12. The maximum absolute atomic E-state index is 12.3. The van der Waals surface area contributed by atoms with Gasteiger partial charge in [0.15, 0.2) is 4.84 Å². The molecule has 0 aliphatic carbocycles. The minimum atomic E-state index is -0.962. The van der Waals surface area contributed by atoms with Crippen molar-refractivity contribution >= 4 is 34.8 Å². The van der Waals surface area contributed by atoms with E-state index in [0.717, 1.165) is 0 Å². The Hall–Kier alpha value is -0.120. The number of nitrogens with zero attached hydrogens (tertiary/aromatic N) is 2. The molecule has 59 valence electrons. The number of aromatic nitrogens is 2. The molecule has 0 saturated carbocycles. The minimum absolute atomic E-state index is 0.0291. The molecule has 1 aromatic heterocycles. The Morgan fingerprint density at radius 2 is 2.09 bits per heavy atom. The van der Waals surface area contributed by atoms with Crippen LogP contribution in [0, 0.1) is 12.3 Å². The Morgan fingerprint density at radius 3 is 2.55 bits per heavy atom. The van der Waals surface area contributed by atoms with E-state index < -0.39 is 10.9 Å². The average molecular weight is 214 g/mol. The number of alkyl halides is 2. The van der Waals surface area contributed by atoms with Gasteiger partial charge in [0, 0.05) is 0 Å². The van der Waals surface area contributed by atoms with Crippen LogP contribution in [0.2, 0.25) is 5.02 Å². The second kappa shape index (κ2) is 3.52. The SMILES string of the molecule is Fc1n[c]c(Cl)c(C(Cl)Cl)n1. The summed E-state index contributed by atoms with van der Waals surface area (Å²) >= 11 is 16.2. The van der Waals surface area contributed by atoms with Gasteiger partial charge in [-0.3, -0.25) is 0 Å². The Morgan fingerprint density at radius 1 is 1.45 bits per heavy atom. The van der Waals surface area contributed by atoms with Crippen molar-refractivity contribution in [3.8, 4) is 0 Å². The van der Waals surface area contributed by atoms with Gasteiger partial charge < -0.3 is 0 Å². The summed E-state index contributed by atoms with van der Waals surface area (Å²) in [6.45, 7) is 0. The molecule has 1 heterocycles. The average Bonchev–Trinajstić information content (AvgIpc) is 1.94. The summed E-state index contributed by atoms with van der Waals surface area (Å²) in [4.78, 5) is 5.38. The molecule has 0 N–H and O–H groups in total. The van der Waals surface area contributed by atoms with Gasteiger partial charge in [-0.15, -0.1) is 0 Å². The molecule has 1 radical (unpaired) electrons. The standard InChI is InChI=1S/C5HCl3FN2/c6-2-1-10-5(9)11-3(2)4(7)8/h4H. The van der Waals surface area contributed by atoms with Gasteiger partial charge in [-0.2, -0.15) is 9.37 Å². The molecule has 6 heteroatoms. The predicted octanol–water partition coefficient (Wildman–Crippen LogP) is 2.55. The summed E-state index contributed by atoms with van der Waals surface area (Å²) in [5.74, 6) is 0. The summed E-state index contributed by atoms with van der Waals surface area (Å²) in [7, 11) is 0. The molecule has 0 aromatic carbocycles. The first kappa shape index (κ1) is 8.97. The van der Waals surface area contributed by atoms with Crippen molar-refractivity contribution in [1.29, 1.82) is 0 Å². The van der Waals surface area contributed by atoms with Crippen molar-refractivity contribution < 1.29 is 4.39 Å². The third-order valence-corrected chi connectivity index (χ3v) is 1.58. The Bertz CT molecular complexity index is 266. The molecule has 0 unspecified atom stereocenters. The van der Waals surface area contributed by atoms with Crippen LogP contribution in [0.4, 0.5) is 4.39 Å². The minimum Gasteiger partial charge on any atom is -0.203 e. The van der Waals surface area contributed by atoms with Crippen LogP contribution in [0.15, 0.2) is 0 Å². The monoisotopic (exact) mass is 213 g/mol. The zero-order valence-corrected chi connectivity index (χ0v) is 7.25. The molecular formula is C5HCl3FN2. The van der Waals surface area contributed by atoms with Gasteiger partial charge in [-0.25, -0.2) is 4.98 Å². The second-order valence-electron chi connectivity index (χ2n) is 1.60. The van der Waals surface area contributed by atoms with Gasteiger partial charge in [0.25, 0.3) is 0 Å². The molecule has 0 spiro atoms. The van der Waals surface area contributed by atoms with Gasteiger partial charge in [-0.1, -0.05) is 34.8 Å². The molecule has 0 atom stereocenters. The predicted molar refractivity (Wildman–Crippen MR) is 40.3 cm³/mol. The van der Waals surface area contributed by atoms with E-state index in [0.29, 0.717) is 0 Å².